The van der Waals surface area contributed by atoms with Crippen LogP contribution >= 0.6 is 0 Å². The highest BCUT2D eigenvalue weighted by atomic mass is 19.1. The second-order valence-electron chi connectivity index (χ2n) is 6.32. The second kappa shape index (κ2) is 7.55. The Bertz CT molecular complexity index is 667. The van der Waals surface area contributed by atoms with E-state index in [4.69, 9.17) is 0 Å². The van der Waals surface area contributed by atoms with Crippen LogP contribution in [-0.4, -0.2) is 33.4 Å². The molecule has 0 bridgehead atoms. The van der Waals surface area contributed by atoms with E-state index >= 15 is 0 Å². The van der Waals surface area contributed by atoms with Crippen molar-refractivity contribution in [3.63, 3.8) is 0 Å². The van der Waals surface area contributed by atoms with Gasteiger partial charge in [-0.2, -0.15) is 0 Å². The lowest BCUT2D eigenvalue weighted by atomic mass is 9.91. The van der Waals surface area contributed by atoms with E-state index in [0.29, 0.717) is 19.4 Å². The summed E-state index contributed by atoms with van der Waals surface area (Å²) in [6.07, 6.45) is 8.01. The third-order valence-electron chi connectivity index (χ3n) is 4.61. The summed E-state index contributed by atoms with van der Waals surface area (Å²) in [6.45, 7) is 1.69. The number of hydrogen-bond acceptors (Lipinski definition) is 2. The third-order valence-corrected chi connectivity index (χ3v) is 4.61. The molecule has 1 aliphatic heterocycles. The Labute approximate surface area is 140 Å². The maximum atomic E-state index is 13.7. The minimum atomic E-state index is -0.487. The van der Waals surface area contributed by atoms with E-state index in [-0.39, 0.29) is 23.9 Å². The van der Waals surface area contributed by atoms with E-state index in [9.17, 15) is 13.6 Å². The van der Waals surface area contributed by atoms with Gasteiger partial charge in [-0.15, -0.1) is 0 Å². The minimum Gasteiger partial charge on any atom is -0.341 e. The molecule has 6 heteroatoms. The van der Waals surface area contributed by atoms with E-state index in [1.54, 1.807) is 23.3 Å². The van der Waals surface area contributed by atoms with Crippen LogP contribution in [0.25, 0.3) is 0 Å². The zero-order chi connectivity index (χ0) is 16.9. The molecule has 0 unspecified atom stereocenters. The summed E-state index contributed by atoms with van der Waals surface area (Å²) in [6, 6.07) is 3.96. The van der Waals surface area contributed by atoms with Crippen LogP contribution in [0.15, 0.2) is 36.9 Å². The highest BCUT2D eigenvalue weighted by molar-refractivity contribution is 5.76. The largest absolute Gasteiger partial charge is 0.341 e. The van der Waals surface area contributed by atoms with Gasteiger partial charge in [0.25, 0.3) is 0 Å². The molecule has 1 atom stereocenters. The van der Waals surface area contributed by atoms with Crippen molar-refractivity contribution in [2.75, 3.05) is 13.1 Å². The summed E-state index contributed by atoms with van der Waals surface area (Å²) in [4.78, 5) is 18.1. The average Bonchev–Trinajstić information content (AvgIpc) is 3.07. The van der Waals surface area contributed by atoms with Crippen LogP contribution < -0.4 is 0 Å². The fourth-order valence-electron chi connectivity index (χ4n) is 3.28. The zero-order valence-corrected chi connectivity index (χ0v) is 13.5. The lowest BCUT2D eigenvalue weighted by molar-refractivity contribution is -0.133. The first kappa shape index (κ1) is 16.6. The predicted octanol–water partition coefficient (Wildman–Crippen LogP) is 3.03. The van der Waals surface area contributed by atoms with Crippen LogP contribution in [0.5, 0.6) is 0 Å². The van der Waals surface area contributed by atoms with Crippen molar-refractivity contribution in [2.24, 2.45) is 5.92 Å². The molecule has 2 heterocycles. The molecular formula is C18H21F2N3O. The first-order valence-corrected chi connectivity index (χ1v) is 8.30. The molecule has 0 radical (unpaired) electrons. The van der Waals surface area contributed by atoms with Gasteiger partial charge in [-0.25, -0.2) is 13.8 Å². The van der Waals surface area contributed by atoms with Crippen molar-refractivity contribution in [3.05, 3.63) is 54.1 Å². The van der Waals surface area contributed by atoms with E-state index in [1.165, 1.54) is 18.2 Å². The summed E-state index contributed by atoms with van der Waals surface area (Å²) < 4.78 is 29.2. The van der Waals surface area contributed by atoms with Crippen LogP contribution in [0, 0.1) is 17.6 Å². The number of piperidine rings is 1. The molecule has 0 aliphatic carbocycles. The number of benzene rings is 1. The van der Waals surface area contributed by atoms with Gasteiger partial charge in [0.05, 0.1) is 6.33 Å². The Balaban J connectivity index is 1.54. The van der Waals surface area contributed by atoms with Gasteiger partial charge < -0.3 is 9.47 Å². The number of aromatic nitrogens is 2. The summed E-state index contributed by atoms with van der Waals surface area (Å²) in [5, 5.41) is 0. The maximum Gasteiger partial charge on any atom is 0.242 e. The number of halogens is 2. The maximum absolute atomic E-state index is 13.7. The van der Waals surface area contributed by atoms with Crippen molar-refractivity contribution >= 4 is 5.91 Å². The molecule has 1 aromatic heterocycles. The summed E-state index contributed by atoms with van der Waals surface area (Å²) in [5.74, 6) is -0.628. The van der Waals surface area contributed by atoms with Crippen LogP contribution in [0.1, 0.15) is 24.8 Å². The smallest absolute Gasteiger partial charge is 0.242 e. The molecule has 1 saturated heterocycles. The van der Waals surface area contributed by atoms with E-state index in [0.717, 1.165) is 19.4 Å². The standard InChI is InChI=1S/C18H21F2N3O/c19-16-4-1-5-17(20)15(16)7-6-14-3-2-9-23(11-14)18(24)12-22-10-8-21-13-22/h1,4-5,8,10,13-14H,2-3,6-7,9,11-12H2/t14-/m0/s1. The Hall–Kier alpha value is -2.24. The van der Waals surface area contributed by atoms with Crippen molar-refractivity contribution < 1.29 is 13.6 Å². The van der Waals surface area contributed by atoms with Crippen molar-refractivity contribution in [3.8, 4) is 0 Å². The second-order valence-corrected chi connectivity index (χ2v) is 6.32. The number of likely N-dealkylation sites (tertiary alicyclic amines) is 1. The van der Waals surface area contributed by atoms with Gasteiger partial charge in [0.1, 0.15) is 18.2 Å². The predicted molar refractivity (Wildman–Crippen MR) is 86.2 cm³/mol. The van der Waals surface area contributed by atoms with Gasteiger partial charge in [0, 0.05) is 31.0 Å². The molecule has 0 N–H and O–H groups in total. The number of hydrogen-bond donors (Lipinski definition) is 0. The van der Waals surface area contributed by atoms with Crippen LogP contribution in [-0.2, 0) is 17.8 Å². The Morgan fingerprint density at radius 3 is 2.79 bits per heavy atom. The molecular weight excluding hydrogens is 312 g/mol. The molecule has 2 aromatic rings. The quantitative estimate of drug-likeness (QED) is 0.843. The number of carbonyl (C=O) groups is 1. The number of carbonyl (C=O) groups excluding carboxylic acids is 1. The number of nitrogens with zero attached hydrogens (tertiary/aromatic N) is 3. The monoisotopic (exact) mass is 333 g/mol. The first-order valence-electron chi connectivity index (χ1n) is 8.30. The molecule has 1 fully saturated rings. The Morgan fingerprint density at radius 2 is 2.08 bits per heavy atom. The zero-order valence-electron chi connectivity index (χ0n) is 13.5. The minimum absolute atomic E-state index is 0.0646. The summed E-state index contributed by atoms with van der Waals surface area (Å²) in [5.41, 5.74) is 0.152. The molecule has 1 amide bonds. The Morgan fingerprint density at radius 1 is 1.29 bits per heavy atom. The van der Waals surface area contributed by atoms with Crippen LogP contribution in [0.3, 0.4) is 0 Å². The summed E-state index contributed by atoms with van der Waals surface area (Å²) >= 11 is 0. The van der Waals surface area contributed by atoms with Gasteiger partial charge in [0.15, 0.2) is 0 Å². The van der Waals surface area contributed by atoms with E-state index < -0.39 is 11.6 Å². The van der Waals surface area contributed by atoms with E-state index in [2.05, 4.69) is 4.98 Å². The molecule has 3 rings (SSSR count). The van der Waals surface area contributed by atoms with E-state index in [1.807, 2.05) is 4.90 Å². The summed E-state index contributed by atoms with van der Waals surface area (Å²) in [7, 11) is 0. The topological polar surface area (TPSA) is 38.1 Å². The first-order chi connectivity index (χ1) is 11.6. The molecule has 4 nitrogen and oxygen atoms in total. The molecule has 0 spiro atoms. The highest BCUT2D eigenvalue weighted by Gasteiger charge is 2.24. The SMILES string of the molecule is O=C(Cn1ccnc1)N1CCC[C@@H](CCc2c(F)cccc2F)C1. The van der Waals surface area contributed by atoms with Gasteiger partial charge in [-0.1, -0.05) is 6.07 Å². The van der Waals surface area contributed by atoms with Gasteiger partial charge in [-0.3, -0.25) is 4.79 Å². The fraction of sp³-hybridized carbons (Fsp3) is 0.444. The average molecular weight is 333 g/mol. The number of amides is 1. The molecule has 0 saturated carbocycles. The van der Waals surface area contributed by atoms with Crippen molar-refractivity contribution in [2.45, 2.75) is 32.2 Å². The highest BCUT2D eigenvalue weighted by Crippen LogP contribution is 2.23. The third kappa shape index (κ3) is 3.99. The van der Waals surface area contributed by atoms with Crippen molar-refractivity contribution in [1.82, 2.24) is 14.5 Å². The van der Waals surface area contributed by atoms with Crippen LogP contribution in [0.2, 0.25) is 0 Å². The molecule has 1 aliphatic rings. The lowest BCUT2D eigenvalue weighted by Gasteiger charge is -2.33. The van der Waals surface area contributed by atoms with Crippen molar-refractivity contribution in [1.29, 1.82) is 0 Å². The molecule has 24 heavy (non-hydrogen) atoms. The normalized spacial score (nSPS) is 17.9. The lowest BCUT2D eigenvalue weighted by Crippen LogP contribution is -2.41. The van der Waals surface area contributed by atoms with Gasteiger partial charge in [-0.05, 0) is 43.7 Å². The molecule has 1 aromatic carbocycles. The number of imidazole rings is 1. The van der Waals surface area contributed by atoms with Gasteiger partial charge in [0.2, 0.25) is 5.91 Å². The Kier molecular flexibility index (Phi) is 5.23. The van der Waals surface area contributed by atoms with Gasteiger partial charge >= 0.3 is 0 Å². The number of rotatable bonds is 5. The fourth-order valence-corrected chi connectivity index (χ4v) is 3.28. The molecule has 128 valence electrons. The van der Waals surface area contributed by atoms with Crippen LogP contribution in [0.4, 0.5) is 8.78 Å².